The van der Waals surface area contributed by atoms with Crippen LogP contribution >= 0.6 is 0 Å². The molecule has 1 rings (SSSR count). The summed E-state index contributed by atoms with van der Waals surface area (Å²) in [7, 11) is 1.39. The van der Waals surface area contributed by atoms with Crippen molar-refractivity contribution >= 4 is 11.7 Å². The molecule has 4 heteroatoms. The third kappa shape index (κ3) is 2.94. The van der Waals surface area contributed by atoms with E-state index in [1.165, 1.54) is 7.11 Å². The van der Waals surface area contributed by atoms with Gasteiger partial charge in [0.05, 0.1) is 19.0 Å². The summed E-state index contributed by atoms with van der Waals surface area (Å²) in [6, 6.07) is 1.59. The van der Waals surface area contributed by atoms with Gasteiger partial charge in [-0.3, -0.25) is 4.98 Å². The molecule has 15 heavy (non-hydrogen) atoms. The molecule has 0 bridgehead atoms. The minimum atomic E-state index is -0.308. The molecule has 0 aromatic carbocycles. The van der Waals surface area contributed by atoms with Crippen molar-refractivity contribution in [2.75, 3.05) is 12.4 Å². The van der Waals surface area contributed by atoms with E-state index in [2.05, 4.69) is 10.3 Å². The Morgan fingerprint density at radius 3 is 2.93 bits per heavy atom. The fourth-order valence-corrected chi connectivity index (χ4v) is 1.27. The first-order valence-corrected chi connectivity index (χ1v) is 4.94. The molecule has 0 aliphatic rings. The molecule has 1 aromatic heterocycles. The lowest BCUT2D eigenvalue weighted by atomic mass is 10.2. The summed E-state index contributed by atoms with van der Waals surface area (Å²) >= 11 is 0. The van der Waals surface area contributed by atoms with Crippen molar-refractivity contribution < 1.29 is 9.53 Å². The first-order chi connectivity index (χ1) is 7.19. The molecule has 0 amide bonds. The maximum Gasteiger partial charge on any atom is 0.328 e. The minimum Gasteiger partial charge on any atom is -0.467 e. The van der Waals surface area contributed by atoms with Gasteiger partial charge < -0.3 is 10.1 Å². The number of anilines is 1. The van der Waals surface area contributed by atoms with Gasteiger partial charge in [-0.15, -0.1) is 0 Å². The Hall–Kier alpha value is -1.58. The number of pyridine rings is 1. The van der Waals surface area contributed by atoms with E-state index in [0.717, 1.165) is 11.3 Å². The van der Waals surface area contributed by atoms with E-state index >= 15 is 0 Å². The van der Waals surface area contributed by atoms with Crippen molar-refractivity contribution in [1.82, 2.24) is 4.98 Å². The molecule has 1 unspecified atom stereocenters. The summed E-state index contributed by atoms with van der Waals surface area (Å²) < 4.78 is 4.69. The maximum atomic E-state index is 11.4. The highest BCUT2D eigenvalue weighted by Crippen LogP contribution is 2.14. The third-order valence-electron chi connectivity index (χ3n) is 2.26. The van der Waals surface area contributed by atoms with Gasteiger partial charge in [-0.25, -0.2) is 4.79 Å². The molecule has 0 radical (unpaired) electrons. The van der Waals surface area contributed by atoms with Crippen molar-refractivity contribution in [3.05, 3.63) is 24.0 Å². The molecule has 82 valence electrons. The number of hydrogen-bond acceptors (Lipinski definition) is 4. The summed E-state index contributed by atoms with van der Waals surface area (Å²) in [4.78, 5) is 15.4. The Kier molecular flexibility index (Phi) is 4.09. The smallest absolute Gasteiger partial charge is 0.328 e. The molecule has 1 aromatic rings. The molecule has 0 aliphatic carbocycles. The van der Waals surface area contributed by atoms with Crippen molar-refractivity contribution in [2.45, 2.75) is 26.3 Å². The van der Waals surface area contributed by atoms with Crippen LogP contribution < -0.4 is 5.32 Å². The lowest BCUT2D eigenvalue weighted by molar-refractivity contribution is -0.141. The summed E-state index contributed by atoms with van der Waals surface area (Å²) in [6.45, 7) is 3.90. The van der Waals surface area contributed by atoms with Crippen molar-refractivity contribution in [1.29, 1.82) is 0 Å². The molecule has 1 N–H and O–H groups in total. The fourth-order valence-electron chi connectivity index (χ4n) is 1.27. The third-order valence-corrected chi connectivity index (χ3v) is 2.26. The van der Waals surface area contributed by atoms with Crippen LogP contribution in [0.5, 0.6) is 0 Å². The zero-order valence-electron chi connectivity index (χ0n) is 9.28. The molecule has 0 aliphatic heterocycles. The molecule has 1 heterocycles. The number of aryl methyl sites for hydroxylation is 1. The van der Waals surface area contributed by atoms with Gasteiger partial charge in [-0.05, 0) is 25.0 Å². The molecule has 0 saturated carbocycles. The number of carbonyl (C=O) groups excluding carboxylic acids is 1. The lowest BCUT2D eigenvalue weighted by Crippen LogP contribution is -2.30. The van der Waals surface area contributed by atoms with Gasteiger partial charge >= 0.3 is 5.97 Å². The zero-order valence-corrected chi connectivity index (χ0v) is 9.28. The van der Waals surface area contributed by atoms with E-state index in [1.807, 2.05) is 19.9 Å². The number of hydrogen-bond donors (Lipinski definition) is 1. The second-order valence-electron chi connectivity index (χ2n) is 3.32. The molecule has 4 nitrogen and oxygen atoms in total. The Bertz CT molecular complexity index is 339. The van der Waals surface area contributed by atoms with Gasteiger partial charge in [0.25, 0.3) is 0 Å². The predicted molar refractivity (Wildman–Crippen MR) is 58.7 cm³/mol. The van der Waals surface area contributed by atoms with Gasteiger partial charge in [-0.2, -0.15) is 0 Å². The number of nitrogens with zero attached hydrogens (tertiary/aromatic N) is 1. The highest BCUT2D eigenvalue weighted by Gasteiger charge is 2.16. The van der Waals surface area contributed by atoms with E-state index in [9.17, 15) is 4.79 Å². The Labute approximate surface area is 89.7 Å². The SMILES string of the molecule is CCC(Nc1cnccc1C)C(=O)OC. The van der Waals surface area contributed by atoms with Crippen molar-refractivity contribution in [3.8, 4) is 0 Å². The van der Waals surface area contributed by atoms with Crippen LogP contribution in [0.4, 0.5) is 5.69 Å². The number of carbonyl (C=O) groups is 1. The summed E-state index contributed by atoms with van der Waals surface area (Å²) in [5, 5.41) is 3.11. The molecule has 0 saturated heterocycles. The van der Waals surface area contributed by atoms with Crippen LogP contribution in [0.25, 0.3) is 0 Å². The van der Waals surface area contributed by atoms with Gasteiger partial charge in [0.1, 0.15) is 6.04 Å². The first-order valence-electron chi connectivity index (χ1n) is 4.94. The van der Waals surface area contributed by atoms with Crippen LogP contribution in [0.2, 0.25) is 0 Å². The number of methoxy groups -OCH3 is 1. The molecule has 1 atom stereocenters. The zero-order chi connectivity index (χ0) is 11.3. The standard InChI is InChI=1S/C11H16N2O2/c1-4-9(11(14)15-3)13-10-7-12-6-5-8(10)2/h5-7,9,13H,4H2,1-3H3. The number of ether oxygens (including phenoxy) is 1. The van der Waals surface area contributed by atoms with Crippen molar-refractivity contribution in [2.24, 2.45) is 0 Å². The van der Waals surface area contributed by atoms with Gasteiger partial charge in [-0.1, -0.05) is 6.92 Å². The average molecular weight is 208 g/mol. The van der Waals surface area contributed by atoms with Gasteiger partial charge in [0.15, 0.2) is 0 Å². The minimum absolute atomic E-state index is 0.249. The number of rotatable bonds is 4. The van der Waals surface area contributed by atoms with Crippen LogP contribution in [0.1, 0.15) is 18.9 Å². The van der Waals surface area contributed by atoms with E-state index in [1.54, 1.807) is 12.4 Å². The van der Waals surface area contributed by atoms with Crippen LogP contribution in [0.3, 0.4) is 0 Å². The van der Waals surface area contributed by atoms with E-state index in [4.69, 9.17) is 4.74 Å². The Balaban J connectivity index is 2.75. The van der Waals surface area contributed by atoms with Gasteiger partial charge in [0.2, 0.25) is 0 Å². The molecular formula is C11H16N2O2. The van der Waals surface area contributed by atoms with E-state index in [-0.39, 0.29) is 12.0 Å². The summed E-state index contributed by atoms with van der Waals surface area (Å²) in [6.07, 6.45) is 4.11. The van der Waals surface area contributed by atoms with Crippen LogP contribution in [-0.2, 0) is 9.53 Å². The first kappa shape index (κ1) is 11.5. The number of aromatic nitrogens is 1. The Morgan fingerprint density at radius 1 is 1.67 bits per heavy atom. The maximum absolute atomic E-state index is 11.4. The summed E-state index contributed by atoms with van der Waals surface area (Å²) in [5.74, 6) is -0.249. The van der Waals surface area contributed by atoms with Gasteiger partial charge in [0, 0.05) is 6.20 Å². The quantitative estimate of drug-likeness (QED) is 0.766. The van der Waals surface area contributed by atoms with Crippen molar-refractivity contribution in [3.63, 3.8) is 0 Å². The number of nitrogens with one attached hydrogen (secondary N) is 1. The Morgan fingerprint density at radius 2 is 2.40 bits per heavy atom. The second-order valence-corrected chi connectivity index (χ2v) is 3.32. The molecule has 0 spiro atoms. The highest BCUT2D eigenvalue weighted by atomic mass is 16.5. The fraction of sp³-hybridized carbons (Fsp3) is 0.455. The lowest BCUT2D eigenvalue weighted by Gasteiger charge is -2.16. The monoisotopic (exact) mass is 208 g/mol. The van der Waals surface area contributed by atoms with Crippen LogP contribution in [0, 0.1) is 6.92 Å². The summed E-state index contributed by atoms with van der Waals surface area (Å²) in [5.41, 5.74) is 1.93. The van der Waals surface area contributed by atoms with E-state index in [0.29, 0.717) is 6.42 Å². The van der Waals surface area contributed by atoms with E-state index < -0.39 is 0 Å². The molecular weight excluding hydrogens is 192 g/mol. The average Bonchev–Trinajstić information content (AvgIpc) is 2.27. The predicted octanol–water partition coefficient (Wildman–Crippen LogP) is 1.75. The largest absolute Gasteiger partial charge is 0.467 e. The van der Waals surface area contributed by atoms with Crippen LogP contribution in [-0.4, -0.2) is 24.1 Å². The molecule has 0 fully saturated rings. The number of esters is 1. The highest BCUT2D eigenvalue weighted by molar-refractivity contribution is 5.79. The normalized spacial score (nSPS) is 11.9. The topological polar surface area (TPSA) is 51.2 Å². The second kappa shape index (κ2) is 5.34. The van der Waals surface area contributed by atoms with Crippen LogP contribution in [0.15, 0.2) is 18.5 Å².